The quantitative estimate of drug-likeness (QED) is 0.766. The topological polar surface area (TPSA) is 55.1 Å². The van der Waals surface area contributed by atoms with Crippen LogP contribution in [0.5, 0.6) is 0 Å². The molecule has 1 aliphatic rings. The van der Waals surface area contributed by atoms with Crippen LogP contribution < -0.4 is 11.1 Å². The molecule has 0 saturated heterocycles. The number of rotatable bonds is 6. The zero-order valence-corrected chi connectivity index (χ0v) is 12.3. The molecular formula is C15H30N2O. The molecule has 0 spiro atoms. The molecule has 2 unspecified atom stereocenters. The van der Waals surface area contributed by atoms with E-state index in [1.54, 1.807) is 0 Å². The second kappa shape index (κ2) is 7.13. The molecule has 1 amide bonds. The first-order chi connectivity index (χ1) is 8.57. The van der Waals surface area contributed by atoms with Gasteiger partial charge in [0.25, 0.3) is 0 Å². The molecule has 0 radical (unpaired) electrons. The molecule has 1 saturated carbocycles. The molecule has 0 bridgehead atoms. The average Bonchev–Trinajstić information content (AvgIpc) is 2.44. The van der Waals surface area contributed by atoms with E-state index in [1.807, 2.05) is 13.8 Å². The van der Waals surface area contributed by atoms with Crippen molar-refractivity contribution in [2.75, 3.05) is 6.54 Å². The number of amides is 1. The highest BCUT2D eigenvalue weighted by molar-refractivity contribution is 5.82. The molecule has 1 fully saturated rings. The minimum Gasteiger partial charge on any atom is -0.353 e. The summed E-state index contributed by atoms with van der Waals surface area (Å²) in [5, 5.41) is 3.26. The molecule has 18 heavy (non-hydrogen) atoms. The maximum Gasteiger partial charge on any atom is 0.227 e. The van der Waals surface area contributed by atoms with Gasteiger partial charge in [0.05, 0.1) is 5.41 Å². The Bertz CT molecular complexity index is 255. The van der Waals surface area contributed by atoms with Crippen molar-refractivity contribution in [2.45, 2.75) is 71.8 Å². The Hall–Kier alpha value is -0.570. The summed E-state index contributed by atoms with van der Waals surface area (Å²) < 4.78 is 0. The highest BCUT2D eigenvalue weighted by atomic mass is 16.2. The molecule has 0 aromatic heterocycles. The summed E-state index contributed by atoms with van der Waals surface area (Å²) in [7, 11) is 0. The summed E-state index contributed by atoms with van der Waals surface area (Å²) >= 11 is 0. The summed E-state index contributed by atoms with van der Waals surface area (Å²) in [6.45, 7) is 6.60. The van der Waals surface area contributed by atoms with Gasteiger partial charge in [0.15, 0.2) is 0 Å². The maximum atomic E-state index is 12.3. The van der Waals surface area contributed by atoms with Crippen molar-refractivity contribution < 1.29 is 4.79 Å². The van der Waals surface area contributed by atoms with E-state index < -0.39 is 5.41 Å². The van der Waals surface area contributed by atoms with Crippen molar-refractivity contribution in [3.05, 3.63) is 0 Å². The Balaban J connectivity index is 2.59. The predicted octanol–water partition coefficient (Wildman–Crippen LogP) is 2.84. The minimum absolute atomic E-state index is 0.143. The van der Waals surface area contributed by atoms with Crippen molar-refractivity contribution >= 4 is 5.91 Å². The van der Waals surface area contributed by atoms with E-state index in [9.17, 15) is 4.79 Å². The summed E-state index contributed by atoms with van der Waals surface area (Å²) in [5.41, 5.74) is 5.35. The van der Waals surface area contributed by atoms with Gasteiger partial charge in [0.2, 0.25) is 5.91 Å². The van der Waals surface area contributed by atoms with Gasteiger partial charge in [-0.15, -0.1) is 0 Å². The maximum absolute atomic E-state index is 12.3. The third-order valence-electron chi connectivity index (χ3n) is 4.75. The Morgan fingerprint density at radius 3 is 2.39 bits per heavy atom. The third-order valence-corrected chi connectivity index (χ3v) is 4.75. The Kier molecular flexibility index (Phi) is 6.13. The zero-order valence-electron chi connectivity index (χ0n) is 12.3. The van der Waals surface area contributed by atoms with Gasteiger partial charge in [-0.05, 0) is 38.5 Å². The van der Waals surface area contributed by atoms with Crippen LogP contribution in [0.1, 0.15) is 65.7 Å². The number of hydrogen-bond donors (Lipinski definition) is 2. The van der Waals surface area contributed by atoms with Gasteiger partial charge in [-0.2, -0.15) is 0 Å². The summed E-state index contributed by atoms with van der Waals surface area (Å²) in [4.78, 5) is 12.3. The van der Waals surface area contributed by atoms with Crippen LogP contribution >= 0.6 is 0 Å². The molecule has 1 rings (SSSR count). The van der Waals surface area contributed by atoms with E-state index in [2.05, 4.69) is 12.2 Å². The van der Waals surface area contributed by atoms with Crippen LogP contribution in [0.3, 0.4) is 0 Å². The SMILES string of the molecule is CCC(NC(=O)C(C)(CC)CN)C1CCCCC1. The first-order valence-corrected chi connectivity index (χ1v) is 7.58. The fourth-order valence-electron chi connectivity index (χ4n) is 2.83. The molecule has 0 aromatic carbocycles. The highest BCUT2D eigenvalue weighted by Gasteiger charge is 2.32. The summed E-state index contributed by atoms with van der Waals surface area (Å²) in [6.07, 6.45) is 8.36. The molecule has 0 aliphatic heterocycles. The van der Waals surface area contributed by atoms with Crippen LogP contribution in [0.25, 0.3) is 0 Å². The third kappa shape index (κ3) is 3.71. The first-order valence-electron chi connectivity index (χ1n) is 7.58. The van der Waals surface area contributed by atoms with Gasteiger partial charge in [0, 0.05) is 12.6 Å². The number of nitrogens with one attached hydrogen (secondary N) is 1. The standard InChI is InChI=1S/C15H30N2O/c1-4-13(12-9-7-6-8-10-12)17-14(18)15(3,5-2)11-16/h12-13H,4-11,16H2,1-3H3,(H,17,18). The molecule has 2 atom stereocenters. The molecule has 3 heteroatoms. The Morgan fingerprint density at radius 2 is 1.94 bits per heavy atom. The van der Waals surface area contributed by atoms with Crippen molar-refractivity contribution in [1.29, 1.82) is 0 Å². The lowest BCUT2D eigenvalue weighted by Crippen LogP contribution is -2.49. The van der Waals surface area contributed by atoms with E-state index in [4.69, 9.17) is 5.73 Å². The fraction of sp³-hybridized carbons (Fsp3) is 0.933. The predicted molar refractivity (Wildman–Crippen MR) is 76.2 cm³/mol. The fourth-order valence-corrected chi connectivity index (χ4v) is 2.83. The highest BCUT2D eigenvalue weighted by Crippen LogP contribution is 2.29. The van der Waals surface area contributed by atoms with E-state index in [-0.39, 0.29) is 5.91 Å². The van der Waals surface area contributed by atoms with Crippen molar-refractivity contribution in [1.82, 2.24) is 5.32 Å². The van der Waals surface area contributed by atoms with Gasteiger partial charge in [-0.3, -0.25) is 4.79 Å². The van der Waals surface area contributed by atoms with Gasteiger partial charge in [-0.1, -0.05) is 33.1 Å². The van der Waals surface area contributed by atoms with Crippen molar-refractivity contribution in [3.8, 4) is 0 Å². The van der Waals surface area contributed by atoms with Crippen LogP contribution in [-0.2, 0) is 4.79 Å². The van der Waals surface area contributed by atoms with Crippen LogP contribution in [0, 0.1) is 11.3 Å². The molecule has 0 aromatic rings. The van der Waals surface area contributed by atoms with Gasteiger partial charge in [0.1, 0.15) is 0 Å². The molecule has 1 aliphatic carbocycles. The van der Waals surface area contributed by atoms with Crippen LogP contribution in [0.2, 0.25) is 0 Å². The number of hydrogen-bond acceptors (Lipinski definition) is 2. The molecule has 106 valence electrons. The van der Waals surface area contributed by atoms with Gasteiger partial charge >= 0.3 is 0 Å². The van der Waals surface area contributed by atoms with Gasteiger partial charge < -0.3 is 11.1 Å². The lowest BCUT2D eigenvalue weighted by Gasteiger charge is -2.34. The van der Waals surface area contributed by atoms with Crippen molar-refractivity contribution in [2.24, 2.45) is 17.1 Å². The van der Waals surface area contributed by atoms with E-state index in [0.717, 1.165) is 12.8 Å². The molecular weight excluding hydrogens is 224 g/mol. The number of carbonyl (C=O) groups is 1. The average molecular weight is 254 g/mol. The number of nitrogens with two attached hydrogens (primary N) is 1. The Morgan fingerprint density at radius 1 is 1.33 bits per heavy atom. The van der Waals surface area contributed by atoms with E-state index in [1.165, 1.54) is 32.1 Å². The van der Waals surface area contributed by atoms with E-state index in [0.29, 0.717) is 18.5 Å². The second-order valence-corrected chi connectivity index (χ2v) is 6.00. The van der Waals surface area contributed by atoms with Crippen LogP contribution in [0.15, 0.2) is 0 Å². The van der Waals surface area contributed by atoms with Crippen LogP contribution in [-0.4, -0.2) is 18.5 Å². The van der Waals surface area contributed by atoms with E-state index >= 15 is 0 Å². The van der Waals surface area contributed by atoms with Crippen molar-refractivity contribution in [3.63, 3.8) is 0 Å². The largest absolute Gasteiger partial charge is 0.353 e. The normalized spacial score (nSPS) is 22.2. The lowest BCUT2D eigenvalue weighted by molar-refractivity contribution is -0.131. The monoisotopic (exact) mass is 254 g/mol. The van der Waals surface area contributed by atoms with Gasteiger partial charge in [-0.25, -0.2) is 0 Å². The molecule has 3 N–H and O–H groups in total. The summed E-state index contributed by atoms with van der Waals surface area (Å²) in [5.74, 6) is 0.816. The Labute approximate surface area is 112 Å². The molecule has 0 heterocycles. The van der Waals surface area contributed by atoms with Crippen LogP contribution in [0.4, 0.5) is 0 Å². The first kappa shape index (κ1) is 15.5. The zero-order chi connectivity index (χ0) is 13.6. The number of carbonyl (C=O) groups excluding carboxylic acids is 1. The lowest BCUT2D eigenvalue weighted by atomic mass is 9.81. The minimum atomic E-state index is -0.401. The summed E-state index contributed by atoms with van der Waals surface area (Å²) in [6, 6.07) is 0.343. The molecule has 3 nitrogen and oxygen atoms in total. The smallest absolute Gasteiger partial charge is 0.227 e. The second-order valence-electron chi connectivity index (χ2n) is 6.00.